The summed E-state index contributed by atoms with van der Waals surface area (Å²) in [5.41, 5.74) is -6.17. The van der Waals surface area contributed by atoms with Crippen LogP contribution < -0.4 is 4.13 Å². The fourth-order valence-corrected chi connectivity index (χ4v) is 2.89. The quantitative estimate of drug-likeness (QED) is 0.369. The molecule has 0 aromatic heterocycles. The zero-order valence-corrected chi connectivity index (χ0v) is 11.6. The zero-order valence-electron chi connectivity index (χ0n) is 9.98. The average Bonchev–Trinajstić information content (AvgIpc) is 2.25. The van der Waals surface area contributed by atoms with Crippen molar-refractivity contribution in [3.8, 4) is 0 Å². The Bertz CT molecular complexity index is 581. The topological polar surface area (TPSA) is 116 Å². The van der Waals surface area contributed by atoms with Crippen molar-refractivity contribution in [1.82, 2.24) is 4.13 Å². The van der Waals surface area contributed by atoms with Gasteiger partial charge in [-0.25, -0.2) is 21.6 Å². The summed E-state index contributed by atoms with van der Waals surface area (Å²) in [4.78, 5) is 10.8. The molecule has 126 valence electrons. The molecule has 1 N–H and O–H groups in total. The van der Waals surface area contributed by atoms with E-state index in [1.54, 1.807) is 0 Å². The first-order valence-electron chi connectivity index (χ1n) is 4.57. The summed E-state index contributed by atoms with van der Waals surface area (Å²) in [6.07, 6.45) is 0. The Morgan fingerprint density at radius 1 is 1.00 bits per heavy atom. The highest BCUT2D eigenvalue weighted by molar-refractivity contribution is 8.05. The van der Waals surface area contributed by atoms with E-state index in [2.05, 4.69) is 9.47 Å². The Balaban J connectivity index is 5.28. The minimum absolute atomic E-state index is 0.278. The first kappa shape index (κ1) is 19.9. The molecule has 8 nitrogen and oxygen atoms in total. The average molecular weight is 365 g/mol. The van der Waals surface area contributed by atoms with Crippen LogP contribution in [-0.4, -0.2) is 53.9 Å². The number of halogens is 5. The van der Waals surface area contributed by atoms with Crippen molar-refractivity contribution < 1.29 is 53.1 Å². The highest BCUT2D eigenvalue weighted by Crippen LogP contribution is 2.27. The van der Waals surface area contributed by atoms with Gasteiger partial charge in [-0.05, 0) is 0 Å². The summed E-state index contributed by atoms with van der Waals surface area (Å²) in [5.74, 6) is -2.76. The van der Waals surface area contributed by atoms with E-state index in [0.717, 1.165) is 7.11 Å². The number of sulfonamides is 2. The fraction of sp³-hybridized carbons (Fsp3) is 0.833. The third-order valence-electron chi connectivity index (χ3n) is 1.62. The van der Waals surface area contributed by atoms with Crippen LogP contribution in [0.15, 0.2) is 0 Å². The van der Waals surface area contributed by atoms with Crippen molar-refractivity contribution in [3.05, 3.63) is 0 Å². The van der Waals surface area contributed by atoms with E-state index in [1.165, 1.54) is 0 Å². The Morgan fingerprint density at radius 3 is 1.86 bits per heavy atom. The molecule has 0 saturated heterocycles. The van der Waals surface area contributed by atoms with Crippen LogP contribution in [0.5, 0.6) is 0 Å². The molecule has 0 aliphatic rings. The first-order chi connectivity index (χ1) is 9.19. The minimum Gasteiger partial charge on any atom is -0.458 e. The van der Waals surface area contributed by atoms with E-state index in [9.17, 15) is 43.6 Å². The molecule has 0 saturated carbocycles. The Kier molecular flexibility index (Phi) is 6.05. The van der Waals surface area contributed by atoms with E-state index in [1.807, 2.05) is 0 Å². The summed E-state index contributed by atoms with van der Waals surface area (Å²) in [5, 5.41) is -5.56. The van der Waals surface area contributed by atoms with Crippen LogP contribution in [0, 0.1) is 0 Å². The van der Waals surface area contributed by atoms with Crippen LogP contribution in [0.1, 0.15) is 0 Å². The monoisotopic (exact) mass is 365 g/mol. The van der Waals surface area contributed by atoms with Crippen molar-refractivity contribution in [2.45, 2.75) is 10.8 Å². The number of hydrogen-bond acceptors (Lipinski definition) is 7. The van der Waals surface area contributed by atoms with Crippen LogP contribution in [0.25, 0.3) is 0 Å². The summed E-state index contributed by atoms with van der Waals surface area (Å²) in [7, 11) is -12.1. The molecule has 21 heavy (non-hydrogen) atoms. The lowest BCUT2D eigenvalue weighted by atomic mass is 10.7. The standard InChI is InChI=1S/C6H8F5NO7S2/c1-18-2-3-19-4(13)5(7,8)20(14,15)12-21(16,17)6(9,10)11/h12H,2-3H2,1H3. The number of hydrogen-bond donors (Lipinski definition) is 1. The second-order valence-corrected chi connectivity index (χ2v) is 6.84. The predicted molar refractivity (Wildman–Crippen MR) is 54.8 cm³/mol. The van der Waals surface area contributed by atoms with Gasteiger partial charge >= 0.3 is 36.8 Å². The van der Waals surface area contributed by atoms with Crippen LogP contribution in [0.2, 0.25) is 0 Å². The number of carbonyl (C=O) groups is 1. The molecule has 0 radical (unpaired) electrons. The molecular formula is C6H8F5NO7S2. The molecule has 15 heteroatoms. The van der Waals surface area contributed by atoms with Gasteiger partial charge in [-0.15, -0.1) is 0 Å². The van der Waals surface area contributed by atoms with Gasteiger partial charge in [-0.3, -0.25) is 0 Å². The van der Waals surface area contributed by atoms with Gasteiger partial charge in [0.15, 0.2) is 0 Å². The van der Waals surface area contributed by atoms with Gasteiger partial charge in [-0.1, -0.05) is 4.13 Å². The molecule has 0 amide bonds. The SMILES string of the molecule is COCCOC(=O)C(F)(F)S(=O)(=O)NS(=O)(=O)C(F)(F)F. The Hall–Kier alpha value is -1.06. The number of methoxy groups -OCH3 is 1. The molecule has 0 fully saturated rings. The number of esters is 1. The molecule has 0 spiro atoms. The molecule has 0 unspecified atom stereocenters. The zero-order chi connectivity index (χ0) is 17.1. The number of alkyl halides is 5. The van der Waals surface area contributed by atoms with E-state index in [0.29, 0.717) is 0 Å². The van der Waals surface area contributed by atoms with E-state index in [-0.39, 0.29) is 4.13 Å². The van der Waals surface area contributed by atoms with Gasteiger partial charge in [0, 0.05) is 7.11 Å². The van der Waals surface area contributed by atoms with Gasteiger partial charge < -0.3 is 9.47 Å². The maximum absolute atomic E-state index is 13.1. The highest BCUT2D eigenvalue weighted by Gasteiger charge is 2.59. The lowest BCUT2D eigenvalue weighted by Gasteiger charge is -2.16. The second-order valence-electron chi connectivity index (χ2n) is 3.18. The normalized spacial score (nSPS) is 14.0. The smallest absolute Gasteiger partial charge is 0.458 e. The van der Waals surface area contributed by atoms with Crippen molar-refractivity contribution >= 4 is 26.0 Å². The highest BCUT2D eigenvalue weighted by atomic mass is 32.3. The maximum Gasteiger partial charge on any atom is 0.512 e. The number of carbonyl (C=O) groups excluding carboxylic acids is 1. The summed E-state index contributed by atoms with van der Waals surface area (Å²) in [6, 6.07) is 0. The van der Waals surface area contributed by atoms with Gasteiger partial charge in [0.05, 0.1) is 6.61 Å². The molecule has 0 heterocycles. The molecule has 0 aliphatic carbocycles. The summed E-state index contributed by atoms with van der Waals surface area (Å²) in [6.45, 7) is -1.23. The van der Waals surface area contributed by atoms with E-state index < -0.39 is 50.0 Å². The molecule has 0 aliphatic heterocycles. The van der Waals surface area contributed by atoms with E-state index >= 15 is 0 Å². The number of nitrogens with one attached hydrogen (secondary N) is 1. The van der Waals surface area contributed by atoms with Crippen LogP contribution in [0.3, 0.4) is 0 Å². The van der Waals surface area contributed by atoms with Crippen LogP contribution in [0.4, 0.5) is 22.0 Å². The lowest BCUT2D eigenvalue weighted by molar-refractivity contribution is -0.162. The number of ether oxygens (including phenoxy) is 2. The third-order valence-corrected chi connectivity index (χ3v) is 4.83. The molecule has 0 aromatic carbocycles. The van der Waals surface area contributed by atoms with Gasteiger partial charge in [-0.2, -0.15) is 22.0 Å². The molecule has 0 atom stereocenters. The van der Waals surface area contributed by atoms with Gasteiger partial charge in [0.1, 0.15) is 6.61 Å². The summed E-state index contributed by atoms with van der Waals surface area (Å²) >= 11 is 0. The maximum atomic E-state index is 13.1. The van der Waals surface area contributed by atoms with E-state index in [4.69, 9.17) is 0 Å². The van der Waals surface area contributed by atoms with Gasteiger partial charge in [0.2, 0.25) is 0 Å². The van der Waals surface area contributed by atoms with Gasteiger partial charge in [0.25, 0.3) is 0 Å². The molecule has 0 rings (SSSR count). The second kappa shape index (κ2) is 6.37. The summed E-state index contributed by atoms with van der Waals surface area (Å²) < 4.78 is 113. The lowest BCUT2D eigenvalue weighted by Crippen LogP contribution is -2.51. The van der Waals surface area contributed by atoms with Crippen LogP contribution in [-0.2, 0) is 34.3 Å². The number of rotatable bonds is 7. The van der Waals surface area contributed by atoms with Crippen molar-refractivity contribution in [1.29, 1.82) is 0 Å². The molecule has 0 aromatic rings. The third kappa shape index (κ3) is 4.72. The predicted octanol–water partition coefficient (Wildman–Crippen LogP) is -0.462. The Labute approximate surface area is 115 Å². The van der Waals surface area contributed by atoms with Crippen molar-refractivity contribution in [2.75, 3.05) is 20.3 Å². The Morgan fingerprint density at radius 2 is 1.48 bits per heavy atom. The largest absolute Gasteiger partial charge is 0.512 e. The fourth-order valence-electron chi connectivity index (χ4n) is 0.655. The molecule has 0 bridgehead atoms. The minimum atomic E-state index is -6.65. The van der Waals surface area contributed by atoms with Crippen molar-refractivity contribution in [3.63, 3.8) is 0 Å². The molecular weight excluding hydrogens is 357 g/mol. The van der Waals surface area contributed by atoms with Crippen LogP contribution >= 0.6 is 0 Å². The van der Waals surface area contributed by atoms with Crippen molar-refractivity contribution in [2.24, 2.45) is 0 Å². The first-order valence-corrected chi connectivity index (χ1v) is 7.54.